The molecule has 9 heteroatoms. The van der Waals surface area contributed by atoms with E-state index in [0.29, 0.717) is 0 Å². The van der Waals surface area contributed by atoms with Crippen LogP contribution in [0.5, 0.6) is 5.75 Å². The van der Waals surface area contributed by atoms with E-state index in [1.807, 2.05) is 0 Å². The van der Waals surface area contributed by atoms with Crippen molar-refractivity contribution in [2.24, 2.45) is 0 Å². The molecule has 5 nitrogen and oxygen atoms in total. The minimum Gasteiger partial charge on any atom is -0.505 e. The van der Waals surface area contributed by atoms with Crippen LogP contribution in [0.3, 0.4) is 0 Å². The molecule has 1 heterocycles. The molecule has 0 amide bonds. The first-order valence-electron chi connectivity index (χ1n) is 5.44. The average Bonchev–Trinajstić information content (AvgIpc) is 2.80. The van der Waals surface area contributed by atoms with Crippen LogP contribution in [0, 0.1) is 5.82 Å². The number of phenolic OH excluding ortho intramolecular Hbond substituents is 1. The van der Waals surface area contributed by atoms with Crippen molar-refractivity contribution in [3.05, 3.63) is 29.9 Å². The van der Waals surface area contributed by atoms with E-state index < -0.39 is 24.3 Å². The summed E-state index contributed by atoms with van der Waals surface area (Å²) >= 11 is 0. The molecule has 1 aromatic carbocycles. The molecule has 2 rings (SSSR count). The van der Waals surface area contributed by atoms with Crippen LogP contribution in [-0.4, -0.2) is 28.0 Å². The lowest BCUT2D eigenvalue weighted by atomic mass is 10.2. The number of nitrogens with one attached hydrogen (secondary N) is 1. The number of aromatic nitrogens is 2. The second kappa shape index (κ2) is 5.45. The maximum Gasteiger partial charge on any atom is 0.401 e. The van der Waals surface area contributed by atoms with E-state index in [9.17, 15) is 17.6 Å². The Morgan fingerprint density at radius 2 is 2.05 bits per heavy atom. The third kappa shape index (κ3) is 3.67. The minimum absolute atomic E-state index is 0.0210. The van der Waals surface area contributed by atoms with Gasteiger partial charge in [-0.1, -0.05) is 5.16 Å². The summed E-state index contributed by atoms with van der Waals surface area (Å²) < 4.78 is 53.6. The molecule has 0 unspecified atom stereocenters. The summed E-state index contributed by atoms with van der Waals surface area (Å²) in [4.78, 5) is 3.81. The number of halogens is 4. The SMILES string of the molecule is Oc1ccc(-c2noc(CNCC(F)(F)F)n2)cc1F. The number of hydrogen-bond acceptors (Lipinski definition) is 5. The van der Waals surface area contributed by atoms with Crippen molar-refractivity contribution in [3.8, 4) is 17.1 Å². The van der Waals surface area contributed by atoms with E-state index in [4.69, 9.17) is 9.63 Å². The first kappa shape index (κ1) is 14.3. The van der Waals surface area contributed by atoms with E-state index in [-0.39, 0.29) is 23.8 Å². The third-order valence-corrected chi connectivity index (χ3v) is 2.28. The number of nitrogens with zero attached hydrogens (tertiary/aromatic N) is 2. The Morgan fingerprint density at radius 3 is 2.70 bits per heavy atom. The number of phenols is 1. The van der Waals surface area contributed by atoms with E-state index >= 15 is 0 Å². The highest BCUT2D eigenvalue weighted by Gasteiger charge is 2.26. The molecule has 0 fully saturated rings. The zero-order valence-corrected chi connectivity index (χ0v) is 9.91. The summed E-state index contributed by atoms with van der Waals surface area (Å²) in [6, 6.07) is 3.46. The monoisotopic (exact) mass is 291 g/mol. The maximum atomic E-state index is 13.1. The van der Waals surface area contributed by atoms with Gasteiger partial charge in [-0.3, -0.25) is 0 Å². The fourth-order valence-electron chi connectivity index (χ4n) is 1.40. The van der Waals surface area contributed by atoms with Gasteiger partial charge in [-0.25, -0.2) is 4.39 Å². The molecule has 2 N–H and O–H groups in total. The summed E-state index contributed by atoms with van der Waals surface area (Å²) in [5.74, 6) is -1.42. The number of rotatable bonds is 4. The lowest BCUT2D eigenvalue weighted by molar-refractivity contribution is -0.125. The van der Waals surface area contributed by atoms with E-state index in [0.717, 1.165) is 12.1 Å². The van der Waals surface area contributed by atoms with Crippen molar-refractivity contribution >= 4 is 0 Å². The number of aromatic hydroxyl groups is 1. The molecule has 0 aliphatic rings. The largest absolute Gasteiger partial charge is 0.505 e. The molecule has 2 aromatic rings. The van der Waals surface area contributed by atoms with Crippen molar-refractivity contribution in [3.63, 3.8) is 0 Å². The van der Waals surface area contributed by atoms with Crippen molar-refractivity contribution in [2.45, 2.75) is 12.7 Å². The predicted molar refractivity (Wildman–Crippen MR) is 59.1 cm³/mol. The van der Waals surface area contributed by atoms with Gasteiger partial charge in [0, 0.05) is 5.56 Å². The number of benzene rings is 1. The van der Waals surface area contributed by atoms with Gasteiger partial charge in [-0.05, 0) is 18.2 Å². The molecule has 20 heavy (non-hydrogen) atoms. The van der Waals surface area contributed by atoms with Crippen LogP contribution in [0.1, 0.15) is 5.89 Å². The summed E-state index contributed by atoms with van der Waals surface area (Å²) in [7, 11) is 0. The molecular formula is C11H9F4N3O2. The Kier molecular flexibility index (Phi) is 3.89. The van der Waals surface area contributed by atoms with Crippen molar-refractivity contribution in [1.29, 1.82) is 0 Å². The molecule has 0 aliphatic heterocycles. The van der Waals surface area contributed by atoms with Gasteiger partial charge in [0.1, 0.15) is 0 Å². The van der Waals surface area contributed by atoms with Crippen LogP contribution in [0.25, 0.3) is 11.4 Å². The van der Waals surface area contributed by atoms with Gasteiger partial charge in [0.25, 0.3) is 0 Å². The van der Waals surface area contributed by atoms with Gasteiger partial charge in [-0.15, -0.1) is 0 Å². The second-order valence-electron chi connectivity index (χ2n) is 3.90. The zero-order chi connectivity index (χ0) is 14.8. The molecule has 1 aromatic heterocycles. The summed E-state index contributed by atoms with van der Waals surface area (Å²) in [6.45, 7) is -1.44. The lowest BCUT2D eigenvalue weighted by Crippen LogP contribution is -2.28. The third-order valence-electron chi connectivity index (χ3n) is 2.28. The Hall–Kier alpha value is -2.16. The fraction of sp³-hybridized carbons (Fsp3) is 0.273. The van der Waals surface area contributed by atoms with Crippen molar-refractivity contribution < 1.29 is 27.2 Å². The standard InChI is InChI=1S/C11H9F4N3O2/c12-7-3-6(1-2-8(7)19)10-17-9(20-18-10)4-16-5-11(13,14)15/h1-3,16,19H,4-5H2. The van der Waals surface area contributed by atoms with Crippen LogP contribution in [0.15, 0.2) is 22.7 Å². The van der Waals surface area contributed by atoms with Gasteiger partial charge < -0.3 is 14.9 Å². The lowest BCUT2D eigenvalue weighted by Gasteiger charge is -2.05. The minimum atomic E-state index is -4.33. The van der Waals surface area contributed by atoms with Crippen LogP contribution in [0.2, 0.25) is 0 Å². The quantitative estimate of drug-likeness (QED) is 0.845. The topological polar surface area (TPSA) is 71.2 Å². The highest BCUT2D eigenvalue weighted by Crippen LogP contribution is 2.22. The van der Waals surface area contributed by atoms with Gasteiger partial charge in [0.2, 0.25) is 11.7 Å². The molecule has 0 saturated carbocycles. The van der Waals surface area contributed by atoms with Crippen molar-refractivity contribution in [2.75, 3.05) is 6.54 Å². The predicted octanol–water partition coefficient (Wildman–Crippen LogP) is 2.23. The smallest absolute Gasteiger partial charge is 0.401 e. The van der Waals surface area contributed by atoms with Gasteiger partial charge in [0.15, 0.2) is 11.6 Å². The molecule has 0 bridgehead atoms. The summed E-state index contributed by atoms with van der Waals surface area (Å²) in [5, 5.41) is 14.6. The number of alkyl halides is 3. The zero-order valence-electron chi connectivity index (χ0n) is 9.91. The van der Waals surface area contributed by atoms with Crippen LogP contribution >= 0.6 is 0 Å². The first-order chi connectivity index (χ1) is 9.35. The molecule has 108 valence electrons. The van der Waals surface area contributed by atoms with Gasteiger partial charge >= 0.3 is 6.18 Å². The normalized spacial score (nSPS) is 11.8. The number of hydrogen-bond donors (Lipinski definition) is 2. The van der Waals surface area contributed by atoms with E-state index in [2.05, 4.69) is 15.5 Å². The highest BCUT2D eigenvalue weighted by atomic mass is 19.4. The van der Waals surface area contributed by atoms with E-state index in [1.165, 1.54) is 6.07 Å². The second-order valence-corrected chi connectivity index (χ2v) is 3.90. The molecule has 0 aliphatic carbocycles. The summed E-state index contributed by atoms with van der Waals surface area (Å²) in [6.07, 6.45) is -4.33. The van der Waals surface area contributed by atoms with Gasteiger partial charge in [0.05, 0.1) is 13.1 Å². The molecule has 0 radical (unpaired) electrons. The molecule has 0 spiro atoms. The Bertz CT molecular complexity index is 598. The maximum absolute atomic E-state index is 13.1. The van der Waals surface area contributed by atoms with Crippen LogP contribution in [0.4, 0.5) is 17.6 Å². The van der Waals surface area contributed by atoms with Crippen LogP contribution < -0.4 is 5.32 Å². The fourth-order valence-corrected chi connectivity index (χ4v) is 1.40. The Labute approximate surface area is 110 Å². The molecule has 0 atom stereocenters. The summed E-state index contributed by atoms with van der Waals surface area (Å²) in [5.41, 5.74) is 0.242. The molecular weight excluding hydrogens is 282 g/mol. The average molecular weight is 291 g/mol. The van der Waals surface area contributed by atoms with Crippen LogP contribution in [-0.2, 0) is 6.54 Å². The van der Waals surface area contributed by atoms with Crippen molar-refractivity contribution in [1.82, 2.24) is 15.5 Å². The Balaban J connectivity index is 2.03. The highest BCUT2D eigenvalue weighted by molar-refractivity contribution is 5.55. The Morgan fingerprint density at radius 1 is 1.30 bits per heavy atom. The first-order valence-corrected chi connectivity index (χ1v) is 5.44. The molecule has 0 saturated heterocycles. The van der Waals surface area contributed by atoms with Gasteiger partial charge in [-0.2, -0.15) is 18.2 Å². The van der Waals surface area contributed by atoms with E-state index in [1.54, 1.807) is 0 Å².